The van der Waals surface area contributed by atoms with Gasteiger partial charge < -0.3 is 0 Å². The van der Waals surface area contributed by atoms with Gasteiger partial charge >= 0.3 is 0 Å². The monoisotopic (exact) mass is 171 g/mol. The Morgan fingerprint density at radius 3 is 1.58 bits per heavy atom. The smallest absolute Gasteiger partial charge is 0.0118 e. The molecule has 12 heavy (non-hydrogen) atoms. The molecular formula is C11H25N. The lowest BCUT2D eigenvalue weighted by molar-refractivity contribution is 0.0891. The molecule has 0 N–H and O–H groups in total. The van der Waals surface area contributed by atoms with E-state index < -0.39 is 0 Å². The molecular weight excluding hydrogens is 146 g/mol. The third kappa shape index (κ3) is 3.14. The normalized spacial score (nSPS) is 15.8. The van der Waals surface area contributed by atoms with Gasteiger partial charge in [-0.15, -0.1) is 0 Å². The summed E-state index contributed by atoms with van der Waals surface area (Å²) in [5.41, 5.74) is 0.389. The molecule has 0 saturated heterocycles. The van der Waals surface area contributed by atoms with E-state index >= 15 is 0 Å². The van der Waals surface area contributed by atoms with E-state index in [0.29, 0.717) is 17.5 Å². The third-order valence-corrected chi connectivity index (χ3v) is 2.78. The SMILES string of the molecule is CCN(C(C)C)C(C)C(C)(C)C. The maximum Gasteiger partial charge on any atom is 0.0118 e. The minimum absolute atomic E-state index is 0.389. The average Bonchev–Trinajstić information content (AvgIpc) is 1.86. The zero-order chi connectivity index (χ0) is 9.94. The molecule has 1 unspecified atom stereocenters. The van der Waals surface area contributed by atoms with E-state index in [-0.39, 0.29) is 0 Å². The van der Waals surface area contributed by atoms with Gasteiger partial charge in [0.25, 0.3) is 0 Å². The fraction of sp³-hybridized carbons (Fsp3) is 1.00. The molecule has 0 aromatic rings. The lowest BCUT2D eigenvalue weighted by Crippen LogP contribution is -2.45. The summed E-state index contributed by atoms with van der Waals surface area (Å²) in [5, 5.41) is 0. The second kappa shape index (κ2) is 4.27. The quantitative estimate of drug-likeness (QED) is 0.630. The molecule has 0 bridgehead atoms. The second-order valence-electron chi connectivity index (χ2n) is 4.97. The minimum Gasteiger partial charge on any atom is -0.298 e. The molecule has 74 valence electrons. The fourth-order valence-electron chi connectivity index (χ4n) is 1.58. The van der Waals surface area contributed by atoms with Gasteiger partial charge in [-0.1, -0.05) is 27.7 Å². The standard InChI is InChI=1S/C11H25N/c1-8-12(9(2)3)10(4)11(5,6)7/h9-10H,8H2,1-7H3. The Labute approximate surface area is 78.1 Å². The predicted octanol–water partition coefficient (Wildman–Crippen LogP) is 3.15. The van der Waals surface area contributed by atoms with Crippen molar-refractivity contribution in [2.45, 2.75) is 60.5 Å². The van der Waals surface area contributed by atoms with Crippen molar-refractivity contribution in [3.63, 3.8) is 0 Å². The molecule has 0 aliphatic carbocycles. The molecule has 0 aromatic carbocycles. The molecule has 0 radical (unpaired) electrons. The Balaban J connectivity index is 4.32. The first-order valence-corrected chi connectivity index (χ1v) is 5.06. The van der Waals surface area contributed by atoms with Gasteiger partial charge in [0.05, 0.1) is 0 Å². The van der Waals surface area contributed by atoms with Crippen LogP contribution in [0.5, 0.6) is 0 Å². The third-order valence-electron chi connectivity index (χ3n) is 2.78. The first kappa shape index (κ1) is 12.0. The lowest BCUT2D eigenvalue weighted by atomic mass is 9.86. The summed E-state index contributed by atoms with van der Waals surface area (Å²) in [6, 6.07) is 1.31. The fourth-order valence-corrected chi connectivity index (χ4v) is 1.58. The summed E-state index contributed by atoms with van der Waals surface area (Å²) in [7, 11) is 0. The van der Waals surface area contributed by atoms with Crippen molar-refractivity contribution >= 4 is 0 Å². The number of rotatable bonds is 3. The first-order chi connectivity index (χ1) is 5.30. The van der Waals surface area contributed by atoms with Crippen molar-refractivity contribution in [1.82, 2.24) is 4.90 Å². The molecule has 0 aliphatic rings. The molecule has 1 heteroatoms. The van der Waals surface area contributed by atoms with Crippen LogP contribution in [0.3, 0.4) is 0 Å². The van der Waals surface area contributed by atoms with E-state index in [4.69, 9.17) is 0 Å². The zero-order valence-corrected chi connectivity index (χ0v) is 9.81. The van der Waals surface area contributed by atoms with Gasteiger partial charge in [0, 0.05) is 12.1 Å². The van der Waals surface area contributed by atoms with Gasteiger partial charge in [-0.05, 0) is 32.7 Å². The van der Waals surface area contributed by atoms with Crippen molar-refractivity contribution in [3.8, 4) is 0 Å². The van der Waals surface area contributed by atoms with Gasteiger partial charge in [-0.25, -0.2) is 0 Å². The molecule has 0 aliphatic heterocycles. The van der Waals surface area contributed by atoms with Crippen LogP contribution in [-0.4, -0.2) is 23.5 Å². The Bertz CT molecular complexity index is 121. The van der Waals surface area contributed by atoms with E-state index in [1.165, 1.54) is 0 Å². The molecule has 1 atom stereocenters. The van der Waals surface area contributed by atoms with Gasteiger partial charge in [0.2, 0.25) is 0 Å². The molecule has 1 nitrogen and oxygen atoms in total. The highest BCUT2D eigenvalue weighted by Gasteiger charge is 2.26. The largest absolute Gasteiger partial charge is 0.298 e. The van der Waals surface area contributed by atoms with Crippen LogP contribution < -0.4 is 0 Å². The van der Waals surface area contributed by atoms with Gasteiger partial charge in [0.15, 0.2) is 0 Å². The van der Waals surface area contributed by atoms with Crippen LogP contribution in [-0.2, 0) is 0 Å². The molecule has 0 aromatic heterocycles. The van der Waals surface area contributed by atoms with Crippen molar-refractivity contribution < 1.29 is 0 Å². The number of hydrogen-bond donors (Lipinski definition) is 0. The number of hydrogen-bond acceptors (Lipinski definition) is 1. The van der Waals surface area contributed by atoms with Gasteiger partial charge in [-0.3, -0.25) is 4.90 Å². The molecule has 0 heterocycles. The Hall–Kier alpha value is -0.0400. The molecule has 0 fully saturated rings. The molecule has 0 saturated carbocycles. The summed E-state index contributed by atoms with van der Waals surface area (Å²) in [4.78, 5) is 2.54. The predicted molar refractivity (Wildman–Crippen MR) is 56.4 cm³/mol. The second-order valence-corrected chi connectivity index (χ2v) is 4.97. The van der Waals surface area contributed by atoms with E-state index in [2.05, 4.69) is 53.4 Å². The Morgan fingerprint density at radius 2 is 1.50 bits per heavy atom. The summed E-state index contributed by atoms with van der Waals surface area (Å²) in [5.74, 6) is 0. The lowest BCUT2D eigenvalue weighted by Gasteiger charge is -2.39. The van der Waals surface area contributed by atoms with E-state index in [9.17, 15) is 0 Å². The van der Waals surface area contributed by atoms with Crippen LogP contribution in [0.4, 0.5) is 0 Å². The highest BCUT2D eigenvalue weighted by atomic mass is 15.2. The van der Waals surface area contributed by atoms with Crippen LogP contribution in [0.2, 0.25) is 0 Å². The summed E-state index contributed by atoms with van der Waals surface area (Å²) in [6.07, 6.45) is 0. The first-order valence-electron chi connectivity index (χ1n) is 5.06. The highest BCUT2D eigenvalue weighted by molar-refractivity contribution is 4.80. The molecule has 0 amide bonds. The van der Waals surface area contributed by atoms with Crippen molar-refractivity contribution in [2.75, 3.05) is 6.54 Å². The van der Waals surface area contributed by atoms with Crippen LogP contribution in [0, 0.1) is 5.41 Å². The maximum absolute atomic E-state index is 2.54. The van der Waals surface area contributed by atoms with Crippen LogP contribution >= 0.6 is 0 Å². The van der Waals surface area contributed by atoms with Crippen LogP contribution in [0.25, 0.3) is 0 Å². The van der Waals surface area contributed by atoms with Crippen LogP contribution in [0.1, 0.15) is 48.5 Å². The van der Waals surface area contributed by atoms with E-state index in [0.717, 1.165) is 6.54 Å². The zero-order valence-electron chi connectivity index (χ0n) is 9.81. The van der Waals surface area contributed by atoms with Crippen molar-refractivity contribution in [3.05, 3.63) is 0 Å². The van der Waals surface area contributed by atoms with Gasteiger partial charge in [-0.2, -0.15) is 0 Å². The summed E-state index contributed by atoms with van der Waals surface area (Å²) < 4.78 is 0. The van der Waals surface area contributed by atoms with Crippen LogP contribution in [0.15, 0.2) is 0 Å². The molecule has 0 spiro atoms. The Kier molecular flexibility index (Phi) is 4.25. The maximum atomic E-state index is 2.54. The molecule has 0 rings (SSSR count). The summed E-state index contributed by atoms with van der Waals surface area (Å²) in [6.45, 7) is 17.2. The van der Waals surface area contributed by atoms with Crippen molar-refractivity contribution in [2.24, 2.45) is 5.41 Å². The minimum atomic E-state index is 0.389. The van der Waals surface area contributed by atoms with Crippen molar-refractivity contribution in [1.29, 1.82) is 0 Å². The van der Waals surface area contributed by atoms with Gasteiger partial charge in [0.1, 0.15) is 0 Å². The number of nitrogens with zero attached hydrogens (tertiary/aromatic N) is 1. The average molecular weight is 171 g/mol. The summed E-state index contributed by atoms with van der Waals surface area (Å²) >= 11 is 0. The Morgan fingerprint density at radius 1 is 1.08 bits per heavy atom. The van der Waals surface area contributed by atoms with E-state index in [1.807, 2.05) is 0 Å². The van der Waals surface area contributed by atoms with E-state index in [1.54, 1.807) is 0 Å². The topological polar surface area (TPSA) is 3.24 Å². The highest BCUT2D eigenvalue weighted by Crippen LogP contribution is 2.24.